The highest BCUT2D eigenvalue weighted by atomic mass is 19.1. The van der Waals surface area contributed by atoms with Gasteiger partial charge in [-0.2, -0.15) is 0 Å². The Balaban J connectivity index is 2.38. The van der Waals surface area contributed by atoms with Crippen molar-refractivity contribution in [2.75, 3.05) is 19.8 Å². The van der Waals surface area contributed by atoms with Crippen LogP contribution in [0.25, 0.3) is 0 Å². The van der Waals surface area contributed by atoms with Crippen LogP contribution in [-0.4, -0.2) is 31.8 Å². The minimum atomic E-state index is -0.914. The summed E-state index contributed by atoms with van der Waals surface area (Å²) < 4.78 is 28.5. The monoisotopic (exact) mass is 326 g/mol. The second-order valence-corrected chi connectivity index (χ2v) is 4.83. The number of halogens is 1. The summed E-state index contributed by atoms with van der Waals surface area (Å²) in [6.07, 6.45) is 1.47. The van der Waals surface area contributed by atoms with E-state index in [2.05, 4.69) is 0 Å². The van der Waals surface area contributed by atoms with Crippen LogP contribution in [0.3, 0.4) is 0 Å². The van der Waals surface area contributed by atoms with E-state index in [1.807, 2.05) is 0 Å². The SMILES string of the molecule is CCOC(=O)C(CCCCOc1ccccc1F)C(=O)OCC. The molecule has 0 radical (unpaired) electrons. The van der Waals surface area contributed by atoms with E-state index in [1.165, 1.54) is 6.07 Å². The van der Waals surface area contributed by atoms with Gasteiger partial charge in [-0.3, -0.25) is 9.59 Å². The Morgan fingerprint density at radius 3 is 2.22 bits per heavy atom. The molecule has 6 heteroatoms. The quantitative estimate of drug-likeness (QED) is 0.375. The Morgan fingerprint density at radius 1 is 1.04 bits per heavy atom. The third-order valence-corrected chi connectivity index (χ3v) is 3.12. The molecule has 0 bridgehead atoms. The van der Waals surface area contributed by atoms with Crippen molar-refractivity contribution in [1.29, 1.82) is 0 Å². The third-order valence-electron chi connectivity index (χ3n) is 3.12. The number of unbranched alkanes of at least 4 members (excludes halogenated alkanes) is 1. The van der Waals surface area contributed by atoms with Crippen LogP contribution in [0.15, 0.2) is 24.3 Å². The lowest BCUT2D eigenvalue weighted by atomic mass is 10.0. The van der Waals surface area contributed by atoms with E-state index in [1.54, 1.807) is 32.0 Å². The van der Waals surface area contributed by atoms with Gasteiger partial charge in [-0.1, -0.05) is 12.1 Å². The fourth-order valence-corrected chi connectivity index (χ4v) is 2.01. The van der Waals surface area contributed by atoms with E-state index in [9.17, 15) is 14.0 Å². The van der Waals surface area contributed by atoms with E-state index < -0.39 is 23.7 Å². The fraction of sp³-hybridized carbons (Fsp3) is 0.529. The lowest BCUT2D eigenvalue weighted by Crippen LogP contribution is -2.28. The van der Waals surface area contributed by atoms with Crippen molar-refractivity contribution in [1.82, 2.24) is 0 Å². The summed E-state index contributed by atoms with van der Waals surface area (Å²) in [4.78, 5) is 23.6. The minimum Gasteiger partial charge on any atom is -0.491 e. The van der Waals surface area contributed by atoms with E-state index in [4.69, 9.17) is 14.2 Å². The number of ether oxygens (including phenoxy) is 3. The number of carbonyl (C=O) groups is 2. The zero-order valence-corrected chi connectivity index (χ0v) is 13.5. The van der Waals surface area contributed by atoms with Crippen molar-refractivity contribution < 1.29 is 28.2 Å². The average molecular weight is 326 g/mol. The predicted molar refractivity (Wildman–Crippen MR) is 82.5 cm³/mol. The third kappa shape index (κ3) is 6.67. The molecule has 1 aromatic carbocycles. The molecule has 0 aliphatic heterocycles. The molecule has 0 saturated carbocycles. The first-order chi connectivity index (χ1) is 11.1. The maximum absolute atomic E-state index is 13.4. The van der Waals surface area contributed by atoms with Gasteiger partial charge < -0.3 is 14.2 Å². The zero-order chi connectivity index (χ0) is 17.1. The Labute approximate surface area is 135 Å². The molecular formula is C17H23FO5. The topological polar surface area (TPSA) is 61.8 Å². The molecule has 0 aliphatic carbocycles. The molecule has 0 saturated heterocycles. The van der Waals surface area contributed by atoms with Crippen LogP contribution in [0, 0.1) is 11.7 Å². The van der Waals surface area contributed by atoms with Gasteiger partial charge in [-0.15, -0.1) is 0 Å². The summed E-state index contributed by atoms with van der Waals surface area (Å²) in [5.41, 5.74) is 0. The molecule has 0 unspecified atom stereocenters. The van der Waals surface area contributed by atoms with E-state index in [0.717, 1.165) is 0 Å². The number of para-hydroxylation sites is 1. The van der Waals surface area contributed by atoms with Gasteiger partial charge in [0.2, 0.25) is 0 Å². The minimum absolute atomic E-state index is 0.194. The Kier molecular flexibility index (Phi) is 8.72. The molecule has 23 heavy (non-hydrogen) atoms. The standard InChI is InChI=1S/C17H23FO5/c1-3-21-16(19)13(17(20)22-4-2)9-7-8-12-23-15-11-6-5-10-14(15)18/h5-6,10-11,13H,3-4,7-9,12H2,1-2H3. The molecule has 5 nitrogen and oxygen atoms in total. The summed E-state index contributed by atoms with van der Waals surface area (Å²) in [6, 6.07) is 6.16. The van der Waals surface area contributed by atoms with E-state index in [-0.39, 0.29) is 19.0 Å². The van der Waals surface area contributed by atoms with Crippen molar-refractivity contribution in [2.24, 2.45) is 5.92 Å². The van der Waals surface area contributed by atoms with Crippen LogP contribution in [0.4, 0.5) is 4.39 Å². The molecule has 0 N–H and O–H groups in total. The number of carbonyl (C=O) groups excluding carboxylic acids is 2. The van der Waals surface area contributed by atoms with Crippen molar-refractivity contribution in [3.63, 3.8) is 0 Å². The Morgan fingerprint density at radius 2 is 1.65 bits per heavy atom. The van der Waals surface area contributed by atoms with E-state index >= 15 is 0 Å². The van der Waals surface area contributed by atoms with Crippen LogP contribution < -0.4 is 4.74 Å². The molecule has 0 fully saturated rings. The smallest absolute Gasteiger partial charge is 0.320 e. The fourth-order valence-electron chi connectivity index (χ4n) is 2.01. The Hall–Kier alpha value is -2.11. The molecule has 0 amide bonds. The first-order valence-corrected chi connectivity index (χ1v) is 7.80. The summed E-state index contributed by atoms with van der Waals surface area (Å²) in [6.45, 7) is 4.10. The zero-order valence-electron chi connectivity index (χ0n) is 13.5. The summed E-state index contributed by atoms with van der Waals surface area (Å²) >= 11 is 0. The first-order valence-electron chi connectivity index (χ1n) is 7.80. The van der Waals surface area contributed by atoms with Gasteiger partial charge in [0.15, 0.2) is 17.5 Å². The van der Waals surface area contributed by atoms with Crippen molar-refractivity contribution >= 4 is 11.9 Å². The van der Waals surface area contributed by atoms with Gasteiger partial charge in [0.25, 0.3) is 0 Å². The largest absolute Gasteiger partial charge is 0.491 e. The molecule has 1 rings (SSSR count). The van der Waals surface area contributed by atoms with Gasteiger partial charge in [-0.05, 0) is 45.2 Å². The van der Waals surface area contributed by atoms with E-state index in [0.29, 0.717) is 25.9 Å². The Bertz CT molecular complexity index is 486. The van der Waals surface area contributed by atoms with Crippen molar-refractivity contribution in [2.45, 2.75) is 33.1 Å². The normalized spacial score (nSPS) is 10.4. The number of esters is 2. The highest BCUT2D eigenvalue weighted by molar-refractivity contribution is 5.94. The van der Waals surface area contributed by atoms with Crippen molar-refractivity contribution in [3.05, 3.63) is 30.1 Å². The highest BCUT2D eigenvalue weighted by Crippen LogP contribution is 2.17. The number of hydrogen-bond acceptors (Lipinski definition) is 5. The number of hydrogen-bond donors (Lipinski definition) is 0. The molecule has 0 spiro atoms. The van der Waals surface area contributed by atoms with Crippen LogP contribution >= 0.6 is 0 Å². The summed E-state index contributed by atoms with van der Waals surface area (Å²) in [7, 11) is 0. The number of rotatable bonds is 10. The molecule has 128 valence electrons. The lowest BCUT2D eigenvalue weighted by molar-refractivity contribution is -0.162. The van der Waals surface area contributed by atoms with Gasteiger partial charge >= 0.3 is 11.9 Å². The molecule has 1 aromatic rings. The van der Waals surface area contributed by atoms with Gasteiger partial charge in [0, 0.05) is 0 Å². The summed E-state index contributed by atoms with van der Waals surface area (Å²) in [5.74, 6) is -2.27. The summed E-state index contributed by atoms with van der Waals surface area (Å²) in [5, 5.41) is 0. The van der Waals surface area contributed by atoms with Crippen LogP contribution in [-0.2, 0) is 19.1 Å². The van der Waals surface area contributed by atoms with Gasteiger partial charge in [0.05, 0.1) is 19.8 Å². The first kappa shape index (κ1) is 18.9. The number of benzene rings is 1. The van der Waals surface area contributed by atoms with Crippen molar-refractivity contribution in [3.8, 4) is 5.75 Å². The second kappa shape index (κ2) is 10.6. The maximum atomic E-state index is 13.4. The van der Waals surface area contributed by atoms with Crippen LogP contribution in [0.2, 0.25) is 0 Å². The maximum Gasteiger partial charge on any atom is 0.320 e. The van der Waals surface area contributed by atoms with Gasteiger partial charge in [0.1, 0.15) is 0 Å². The lowest BCUT2D eigenvalue weighted by Gasteiger charge is -2.14. The van der Waals surface area contributed by atoms with Crippen LogP contribution in [0.5, 0.6) is 5.75 Å². The highest BCUT2D eigenvalue weighted by Gasteiger charge is 2.28. The molecule has 0 heterocycles. The predicted octanol–water partition coefficient (Wildman–Crippen LogP) is 3.12. The molecule has 0 aliphatic rings. The second-order valence-electron chi connectivity index (χ2n) is 4.83. The molecule has 0 atom stereocenters. The van der Waals surface area contributed by atoms with Gasteiger partial charge in [-0.25, -0.2) is 4.39 Å². The van der Waals surface area contributed by atoms with Crippen LogP contribution in [0.1, 0.15) is 33.1 Å². The molecular weight excluding hydrogens is 303 g/mol. The average Bonchev–Trinajstić information content (AvgIpc) is 2.52. The molecule has 0 aromatic heterocycles.